The topological polar surface area (TPSA) is 15.3 Å². The van der Waals surface area contributed by atoms with Crippen LogP contribution >= 0.6 is 24.0 Å². The van der Waals surface area contributed by atoms with Gasteiger partial charge in [0.05, 0.1) is 10.6 Å². The van der Waals surface area contributed by atoms with Crippen molar-refractivity contribution in [3.63, 3.8) is 0 Å². The van der Waals surface area contributed by atoms with E-state index in [0.29, 0.717) is 5.92 Å². The molecule has 1 aliphatic heterocycles. The minimum absolute atomic E-state index is 0. The van der Waals surface area contributed by atoms with E-state index in [-0.39, 0.29) is 23.5 Å². The van der Waals surface area contributed by atoms with Crippen LogP contribution in [0.15, 0.2) is 18.2 Å². The number of piperazine rings is 1. The zero-order valence-corrected chi connectivity index (χ0v) is 15.0. The van der Waals surface area contributed by atoms with Crippen LogP contribution in [0.25, 0.3) is 0 Å². The molecule has 0 bridgehead atoms. The number of nitrogens with one attached hydrogen (secondary N) is 1. The lowest BCUT2D eigenvalue weighted by atomic mass is 9.89. The van der Waals surface area contributed by atoms with Gasteiger partial charge in [-0.25, -0.2) is 0 Å². The molecule has 0 radical (unpaired) electrons. The molecule has 24 heavy (non-hydrogen) atoms. The van der Waals surface area contributed by atoms with Gasteiger partial charge in [-0.05, 0) is 36.5 Å². The second-order valence-electron chi connectivity index (χ2n) is 6.51. The molecule has 3 rings (SSSR count). The van der Waals surface area contributed by atoms with Crippen molar-refractivity contribution in [2.75, 3.05) is 26.2 Å². The van der Waals surface area contributed by atoms with Gasteiger partial charge in [-0.1, -0.05) is 30.5 Å². The van der Waals surface area contributed by atoms with E-state index in [4.69, 9.17) is 11.6 Å². The summed E-state index contributed by atoms with van der Waals surface area (Å²) in [6, 6.07) is 4.48. The number of hydrogen-bond acceptors (Lipinski definition) is 2. The predicted molar refractivity (Wildman–Crippen MR) is 92.8 cm³/mol. The summed E-state index contributed by atoms with van der Waals surface area (Å²) in [7, 11) is 0. The van der Waals surface area contributed by atoms with Crippen molar-refractivity contribution >= 4 is 24.0 Å². The second kappa shape index (κ2) is 8.26. The molecule has 1 aromatic carbocycles. The van der Waals surface area contributed by atoms with Gasteiger partial charge in [0.1, 0.15) is 0 Å². The molecule has 0 spiro atoms. The lowest BCUT2D eigenvalue weighted by Gasteiger charge is -2.39. The fourth-order valence-corrected chi connectivity index (χ4v) is 4.26. The minimum Gasteiger partial charge on any atom is -0.314 e. The molecule has 1 aliphatic carbocycles. The standard InChI is InChI=1S/C17H22ClF3N2.ClH/c18-15-11-13(5-6-14(15)17(19,20)21)16(12-3-1-2-4-12)23-9-7-22-8-10-23;/h5-6,11-12,16,22H,1-4,7-10H2;1H/t16-;/m1./s1. The zero-order chi connectivity index (χ0) is 16.4. The predicted octanol–water partition coefficient (Wildman–Crippen LogP) is 4.92. The largest absolute Gasteiger partial charge is 0.417 e. The van der Waals surface area contributed by atoms with Crippen LogP contribution in [0, 0.1) is 5.92 Å². The van der Waals surface area contributed by atoms with E-state index in [0.717, 1.165) is 50.7 Å². The normalized spacial score (nSPS) is 21.5. The van der Waals surface area contributed by atoms with E-state index < -0.39 is 11.7 Å². The molecule has 2 nitrogen and oxygen atoms in total. The average Bonchev–Trinajstić information content (AvgIpc) is 3.01. The number of benzene rings is 1. The summed E-state index contributed by atoms with van der Waals surface area (Å²) in [6.07, 6.45) is 0.317. The van der Waals surface area contributed by atoms with Crippen molar-refractivity contribution in [2.24, 2.45) is 5.92 Å². The van der Waals surface area contributed by atoms with Crippen LogP contribution in [0.5, 0.6) is 0 Å². The molecule has 0 amide bonds. The number of nitrogens with zero attached hydrogens (tertiary/aromatic N) is 1. The first-order valence-corrected chi connectivity index (χ1v) is 8.66. The molecular weight excluding hydrogens is 360 g/mol. The highest BCUT2D eigenvalue weighted by atomic mass is 35.5. The lowest BCUT2D eigenvalue weighted by Crippen LogP contribution is -2.46. The molecule has 136 valence electrons. The summed E-state index contributed by atoms with van der Waals surface area (Å²) in [5, 5.41) is 3.15. The van der Waals surface area contributed by atoms with Crippen LogP contribution < -0.4 is 5.32 Å². The van der Waals surface area contributed by atoms with E-state index in [1.807, 2.05) is 0 Å². The van der Waals surface area contributed by atoms with Gasteiger partial charge < -0.3 is 5.32 Å². The zero-order valence-electron chi connectivity index (χ0n) is 13.4. The van der Waals surface area contributed by atoms with E-state index in [1.165, 1.54) is 18.9 Å². The average molecular weight is 383 g/mol. The molecule has 1 saturated heterocycles. The molecule has 0 unspecified atom stereocenters. The van der Waals surface area contributed by atoms with Gasteiger partial charge in [0.25, 0.3) is 0 Å². The third-order valence-electron chi connectivity index (χ3n) is 5.03. The van der Waals surface area contributed by atoms with Crippen LogP contribution in [0.2, 0.25) is 5.02 Å². The van der Waals surface area contributed by atoms with Crippen molar-refractivity contribution in [1.29, 1.82) is 0 Å². The van der Waals surface area contributed by atoms with E-state index in [1.54, 1.807) is 6.07 Å². The Bertz CT molecular complexity index is 539. The highest BCUT2D eigenvalue weighted by Crippen LogP contribution is 2.42. The quantitative estimate of drug-likeness (QED) is 0.797. The molecule has 1 atom stereocenters. The van der Waals surface area contributed by atoms with Gasteiger partial charge in [0, 0.05) is 32.2 Å². The number of alkyl halides is 3. The SMILES string of the molecule is Cl.FC(F)(F)c1ccc([C@@H](C2CCCC2)N2CCNCC2)cc1Cl. The smallest absolute Gasteiger partial charge is 0.314 e. The van der Waals surface area contributed by atoms with Crippen molar-refractivity contribution in [3.8, 4) is 0 Å². The summed E-state index contributed by atoms with van der Waals surface area (Å²) in [5.41, 5.74) is 0.185. The lowest BCUT2D eigenvalue weighted by molar-refractivity contribution is -0.137. The Balaban J connectivity index is 0.00000208. The molecule has 1 aromatic rings. The molecule has 1 heterocycles. The second-order valence-corrected chi connectivity index (χ2v) is 6.92. The maximum absolute atomic E-state index is 12.9. The highest BCUT2D eigenvalue weighted by Gasteiger charge is 2.36. The summed E-state index contributed by atoms with van der Waals surface area (Å²) >= 11 is 5.95. The first-order chi connectivity index (χ1) is 11.0. The Labute approximate surface area is 152 Å². The Morgan fingerprint density at radius 3 is 2.29 bits per heavy atom. The molecule has 1 N–H and O–H groups in total. The first kappa shape index (κ1) is 19.8. The minimum atomic E-state index is -4.40. The van der Waals surface area contributed by atoms with Crippen LogP contribution in [0.3, 0.4) is 0 Å². The Morgan fingerprint density at radius 1 is 1.12 bits per heavy atom. The number of halogens is 5. The molecule has 7 heteroatoms. The summed E-state index contributed by atoms with van der Waals surface area (Å²) in [5.74, 6) is 0.515. The van der Waals surface area contributed by atoms with Crippen LogP contribution in [0.4, 0.5) is 13.2 Å². The first-order valence-electron chi connectivity index (χ1n) is 8.28. The maximum atomic E-state index is 12.9. The van der Waals surface area contributed by atoms with Gasteiger partial charge >= 0.3 is 6.18 Å². The molecule has 1 saturated carbocycles. The van der Waals surface area contributed by atoms with Crippen LogP contribution in [0.1, 0.15) is 42.9 Å². The van der Waals surface area contributed by atoms with Gasteiger partial charge in [-0.2, -0.15) is 13.2 Å². The molecule has 2 fully saturated rings. The summed E-state index contributed by atoms with van der Waals surface area (Å²) in [6.45, 7) is 3.72. The molecule has 2 aliphatic rings. The van der Waals surface area contributed by atoms with Gasteiger partial charge in [0.2, 0.25) is 0 Å². The third kappa shape index (κ3) is 4.37. The maximum Gasteiger partial charge on any atom is 0.417 e. The number of hydrogen-bond donors (Lipinski definition) is 1. The van der Waals surface area contributed by atoms with Crippen molar-refractivity contribution < 1.29 is 13.2 Å². The van der Waals surface area contributed by atoms with Gasteiger partial charge in [-0.15, -0.1) is 12.4 Å². The number of rotatable bonds is 3. The highest BCUT2D eigenvalue weighted by molar-refractivity contribution is 6.31. The van der Waals surface area contributed by atoms with E-state index in [2.05, 4.69) is 10.2 Å². The van der Waals surface area contributed by atoms with Crippen molar-refractivity contribution in [3.05, 3.63) is 34.3 Å². The monoisotopic (exact) mass is 382 g/mol. The van der Waals surface area contributed by atoms with Gasteiger partial charge in [0.15, 0.2) is 0 Å². The fourth-order valence-electron chi connectivity index (χ4n) is 3.96. The third-order valence-corrected chi connectivity index (χ3v) is 5.34. The summed E-state index contributed by atoms with van der Waals surface area (Å²) in [4.78, 5) is 2.41. The van der Waals surface area contributed by atoms with Crippen LogP contribution in [-0.4, -0.2) is 31.1 Å². The fraction of sp³-hybridized carbons (Fsp3) is 0.647. The van der Waals surface area contributed by atoms with E-state index >= 15 is 0 Å². The van der Waals surface area contributed by atoms with Crippen molar-refractivity contribution in [2.45, 2.75) is 37.9 Å². The Hall–Kier alpha value is -0.490. The van der Waals surface area contributed by atoms with Crippen LogP contribution in [-0.2, 0) is 6.18 Å². The Morgan fingerprint density at radius 2 is 1.75 bits per heavy atom. The van der Waals surface area contributed by atoms with Gasteiger partial charge in [-0.3, -0.25) is 4.90 Å². The molecule has 0 aromatic heterocycles. The summed E-state index contributed by atoms with van der Waals surface area (Å²) < 4.78 is 38.8. The van der Waals surface area contributed by atoms with Crippen molar-refractivity contribution in [1.82, 2.24) is 10.2 Å². The Kier molecular flexibility index (Phi) is 6.82. The molecular formula is C17H23Cl2F3N2. The van der Waals surface area contributed by atoms with E-state index in [9.17, 15) is 13.2 Å².